The second-order valence-electron chi connectivity index (χ2n) is 5.04. The molecule has 0 aliphatic heterocycles. The monoisotopic (exact) mass is 383 g/mol. The van der Waals surface area contributed by atoms with E-state index in [-0.39, 0.29) is 11.7 Å². The van der Waals surface area contributed by atoms with E-state index in [0.29, 0.717) is 17.1 Å². The third kappa shape index (κ3) is 3.91. The molecule has 0 aliphatic rings. The van der Waals surface area contributed by atoms with E-state index < -0.39 is 0 Å². The topological polar surface area (TPSA) is 74.2 Å². The summed E-state index contributed by atoms with van der Waals surface area (Å²) in [6.07, 6.45) is 1.64. The van der Waals surface area contributed by atoms with Crippen LogP contribution in [0.1, 0.15) is 10.4 Å². The van der Waals surface area contributed by atoms with Gasteiger partial charge in [-0.15, -0.1) is 0 Å². The highest BCUT2D eigenvalue weighted by Crippen LogP contribution is 2.24. The quantitative estimate of drug-likeness (QED) is 0.577. The molecule has 120 valence electrons. The van der Waals surface area contributed by atoms with Crippen molar-refractivity contribution in [2.45, 2.75) is 0 Å². The highest BCUT2D eigenvalue weighted by Gasteiger charge is 2.10. The van der Waals surface area contributed by atoms with Gasteiger partial charge < -0.3 is 15.7 Å². The molecule has 3 rings (SSSR count). The van der Waals surface area contributed by atoms with Gasteiger partial charge in [0.2, 0.25) is 0 Å². The maximum Gasteiger partial charge on any atom is 0.255 e. The Balaban J connectivity index is 1.81. The Morgan fingerprint density at radius 1 is 1.04 bits per heavy atom. The molecule has 0 saturated carbocycles. The standard InChI is InChI=1S/C18H14BrN3O2/c19-13-4-1-3-12(11-13)18(24)22-16-5-2-10-20-17(16)21-14-6-8-15(23)9-7-14/h1-11,23H,(H,20,21)(H,22,24). The van der Waals surface area contributed by atoms with Gasteiger partial charge in [0.05, 0.1) is 5.69 Å². The Labute approximate surface area is 147 Å². The van der Waals surface area contributed by atoms with Crippen molar-refractivity contribution in [1.29, 1.82) is 0 Å². The number of aromatic hydroxyl groups is 1. The van der Waals surface area contributed by atoms with Gasteiger partial charge in [0.1, 0.15) is 5.75 Å². The van der Waals surface area contributed by atoms with E-state index in [1.807, 2.05) is 6.07 Å². The molecule has 0 bridgehead atoms. The van der Waals surface area contributed by atoms with Gasteiger partial charge in [-0.25, -0.2) is 4.98 Å². The van der Waals surface area contributed by atoms with Gasteiger partial charge in [-0.05, 0) is 54.6 Å². The predicted octanol–water partition coefficient (Wildman–Crippen LogP) is 4.55. The van der Waals surface area contributed by atoms with Crippen LogP contribution in [0.4, 0.5) is 17.2 Å². The molecule has 0 aliphatic carbocycles. The van der Waals surface area contributed by atoms with Gasteiger partial charge >= 0.3 is 0 Å². The van der Waals surface area contributed by atoms with Crippen molar-refractivity contribution in [2.24, 2.45) is 0 Å². The summed E-state index contributed by atoms with van der Waals surface area (Å²) in [5.74, 6) is 0.481. The van der Waals surface area contributed by atoms with E-state index in [1.54, 1.807) is 60.8 Å². The lowest BCUT2D eigenvalue weighted by Gasteiger charge is -2.12. The third-order valence-corrected chi connectivity index (χ3v) is 3.77. The number of benzene rings is 2. The molecular formula is C18H14BrN3O2. The number of amides is 1. The van der Waals surface area contributed by atoms with Crippen LogP contribution < -0.4 is 10.6 Å². The van der Waals surface area contributed by atoms with Gasteiger partial charge in [0.15, 0.2) is 5.82 Å². The zero-order valence-corrected chi connectivity index (χ0v) is 14.1. The van der Waals surface area contributed by atoms with Crippen molar-refractivity contribution in [1.82, 2.24) is 4.98 Å². The van der Waals surface area contributed by atoms with Crippen LogP contribution >= 0.6 is 15.9 Å². The lowest BCUT2D eigenvalue weighted by Crippen LogP contribution is -2.13. The van der Waals surface area contributed by atoms with Gasteiger partial charge in [-0.2, -0.15) is 0 Å². The van der Waals surface area contributed by atoms with E-state index in [0.717, 1.165) is 10.2 Å². The number of phenolic OH excluding ortho intramolecular Hbond substituents is 1. The molecule has 0 atom stereocenters. The highest BCUT2D eigenvalue weighted by molar-refractivity contribution is 9.10. The summed E-state index contributed by atoms with van der Waals surface area (Å²) < 4.78 is 0.837. The van der Waals surface area contributed by atoms with E-state index >= 15 is 0 Å². The number of anilines is 3. The van der Waals surface area contributed by atoms with Crippen molar-refractivity contribution in [3.63, 3.8) is 0 Å². The van der Waals surface area contributed by atoms with Crippen LogP contribution in [0.15, 0.2) is 71.3 Å². The molecule has 0 saturated heterocycles. The van der Waals surface area contributed by atoms with Crippen molar-refractivity contribution >= 4 is 39.0 Å². The molecule has 0 spiro atoms. The number of carbonyl (C=O) groups excluding carboxylic acids is 1. The van der Waals surface area contributed by atoms with Gasteiger partial charge in [-0.3, -0.25) is 4.79 Å². The van der Waals surface area contributed by atoms with E-state index in [2.05, 4.69) is 31.5 Å². The van der Waals surface area contributed by atoms with Gasteiger partial charge in [-0.1, -0.05) is 22.0 Å². The first kappa shape index (κ1) is 16.0. The third-order valence-electron chi connectivity index (χ3n) is 3.27. The Morgan fingerprint density at radius 3 is 2.58 bits per heavy atom. The first-order valence-electron chi connectivity index (χ1n) is 7.20. The zero-order chi connectivity index (χ0) is 16.9. The largest absolute Gasteiger partial charge is 0.508 e. The number of rotatable bonds is 4. The minimum atomic E-state index is -0.224. The molecule has 1 aromatic heterocycles. The maximum atomic E-state index is 12.4. The van der Waals surface area contributed by atoms with Crippen LogP contribution in [0.2, 0.25) is 0 Å². The predicted molar refractivity (Wildman–Crippen MR) is 97.7 cm³/mol. The fraction of sp³-hybridized carbons (Fsp3) is 0. The fourth-order valence-corrected chi connectivity index (χ4v) is 2.51. The SMILES string of the molecule is O=C(Nc1cccnc1Nc1ccc(O)cc1)c1cccc(Br)c1. The summed E-state index contributed by atoms with van der Waals surface area (Å²) in [7, 11) is 0. The lowest BCUT2D eigenvalue weighted by atomic mass is 10.2. The summed E-state index contributed by atoms with van der Waals surface area (Å²) in [4.78, 5) is 16.7. The van der Waals surface area contributed by atoms with E-state index in [9.17, 15) is 9.90 Å². The number of nitrogens with zero attached hydrogens (tertiary/aromatic N) is 1. The van der Waals surface area contributed by atoms with Crippen LogP contribution in [0.3, 0.4) is 0 Å². The van der Waals surface area contributed by atoms with Crippen LogP contribution in [0.5, 0.6) is 5.75 Å². The van der Waals surface area contributed by atoms with Gasteiger partial charge in [0.25, 0.3) is 5.91 Å². The summed E-state index contributed by atoms with van der Waals surface area (Å²) in [5.41, 5.74) is 1.86. The number of hydrogen-bond acceptors (Lipinski definition) is 4. The molecule has 3 N–H and O–H groups in total. The summed E-state index contributed by atoms with van der Waals surface area (Å²) in [5, 5.41) is 15.3. The van der Waals surface area contributed by atoms with Gasteiger partial charge in [0, 0.05) is 21.9 Å². The molecule has 1 heterocycles. The second-order valence-corrected chi connectivity index (χ2v) is 5.95. The number of carbonyl (C=O) groups is 1. The number of aromatic nitrogens is 1. The average Bonchev–Trinajstić information content (AvgIpc) is 2.58. The Hall–Kier alpha value is -2.86. The number of pyridine rings is 1. The van der Waals surface area contributed by atoms with Crippen molar-refractivity contribution in [2.75, 3.05) is 10.6 Å². The molecule has 5 nitrogen and oxygen atoms in total. The van der Waals surface area contributed by atoms with Crippen molar-refractivity contribution in [3.8, 4) is 5.75 Å². The van der Waals surface area contributed by atoms with Crippen molar-refractivity contribution in [3.05, 3.63) is 76.9 Å². The zero-order valence-electron chi connectivity index (χ0n) is 12.5. The maximum absolute atomic E-state index is 12.4. The molecule has 0 unspecified atom stereocenters. The number of hydrogen-bond donors (Lipinski definition) is 3. The Morgan fingerprint density at radius 2 is 1.83 bits per heavy atom. The van der Waals surface area contributed by atoms with Crippen LogP contribution in [-0.2, 0) is 0 Å². The van der Waals surface area contributed by atoms with E-state index in [4.69, 9.17) is 0 Å². The number of halogens is 1. The average molecular weight is 384 g/mol. The molecule has 0 fully saturated rings. The number of nitrogens with one attached hydrogen (secondary N) is 2. The minimum Gasteiger partial charge on any atom is -0.508 e. The van der Waals surface area contributed by atoms with Crippen LogP contribution in [0, 0.1) is 0 Å². The lowest BCUT2D eigenvalue weighted by molar-refractivity contribution is 0.102. The summed E-state index contributed by atoms with van der Waals surface area (Å²) in [6, 6.07) is 17.3. The molecule has 6 heteroatoms. The molecular weight excluding hydrogens is 370 g/mol. The minimum absolute atomic E-state index is 0.185. The number of phenols is 1. The molecule has 24 heavy (non-hydrogen) atoms. The highest BCUT2D eigenvalue weighted by atomic mass is 79.9. The summed E-state index contributed by atoms with van der Waals surface area (Å²) >= 11 is 3.36. The Kier molecular flexibility index (Phi) is 4.77. The molecule has 0 radical (unpaired) electrons. The fourth-order valence-electron chi connectivity index (χ4n) is 2.11. The normalized spacial score (nSPS) is 10.2. The molecule has 2 aromatic carbocycles. The van der Waals surface area contributed by atoms with E-state index in [1.165, 1.54) is 0 Å². The first-order chi connectivity index (χ1) is 11.6. The smallest absolute Gasteiger partial charge is 0.255 e. The first-order valence-corrected chi connectivity index (χ1v) is 7.99. The van der Waals surface area contributed by atoms with Crippen LogP contribution in [0.25, 0.3) is 0 Å². The Bertz CT molecular complexity index is 866. The summed E-state index contributed by atoms with van der Waals surface area (Å²) in [6.45, 7) is 0. The second kappa shape index (κ2) is 7.14. The molecule has 3 aromatic rings. The van der Waals surface area contributed by atoms with Crippen molar-refractivity contribution < 1.29 is 9.90 Å². The van der Waals surface area contributed by atoms with Crippen LogP contribution in [-0.4, -0.2) is 16.0 Å². The molecule has 1 amide bonds.